The molecule has 3 rings (SSSR count). The third-order valence-corrected chi connectivity index (χ3v) is 6.66. The van der Waals surface area contributed by atoms with Gasteiger partial charge >= 0.3 is 0 Å². The Hall–Kier alpha value is -1.93. The molecule has 0 atom stereocenters. The van der Waals surface area contributed by atoms with E-state index in [-0.39, 0.29) is 10.8 Å². The first-order chi connectivity index (χ1) is 12.3. The van der Waals surface area contributed by atoms with Crippen molar-refractivity contribution in [1.82, 2.24) is 9.88 Å². The van der Waals surface area contributed by atoms with Crippen molar-refractivity contribution in [2.24, 2.45) is 0 Å². The highest BCUT2D eigenvalue weighted by molar-refractivity contribution is 7.90. The molecule has 1 aromatic heterocycles. The number of benzene rings is 1. The molecule has 6 nitrogen and oxygen atoms in total. The Labute approximate surface area is 158 Å². The molecule has 1 fully saturated rings. The lowest BCUT2D eigenvalue weighted by molar-refractivity contribution is 0.0766. The average molecular weight is 394 g/mol. The second-order valence-corrected chi connectivity index (χ2v) is 9.51. The third-order valence-electron chi connectivity index (χ3n) is 4.53. The minimum atomic E-state index is -3.34. The molecular formula is C18H23N3O3S2. The fourth-order valence-corrected chi connectivity index (χ4v) is 4.54. The number of hydrogen-bond acceptors (Lipinski definition) is 6. The number of carbonyl (C=O) groups is 1. The van der Waals surface area contributed by atoms with Crippen molar-refractivity contribution in [1.29, 1.82) is 0 Å². The molecule has 2 heterocycles. The molecule has 0 radical (unpaired) electrons. The van der Waals surface area contributed by atoms with E-state index >= 15 is 0 Å². The molecule has 140 valence electrons. The van der Waals surface area contributed by atoms with Gasteiger partial charge in [-0.25, -0.2) is 13.4 Å². The molecule has 0 bridgehead atoms. The normalized spacial score (nSPS) is 15.8. The largest absolute Gasteiger partial charge is 0.346 e. The number of aryl methyl sites for hydroxylation is 2. The van der Waals surface area contributed by atoms with Crippen LogP contribution in [0.1, 0.15) is 28.0 Å². The highest BCUT2D eigenvalue weighted by Crippen LogP contribution is 2.23. The van der Waals surface area contributed by atoms with E-state index < -0.39 is 9.84 Å². The molecule has 0 saturated carbocycles. The Morgan fingerprint density at radius 1 is 1.15 bits per heavy atom. The lowest BCUT2D eigenvalue weighted by Gasteiger charge is -2.22. The molecule has 0 spiro atoms. The van der Waals surface area contributed by atoms with E-state index in [1.165, 1.54) is 6.07 Å². The van der Waals surface area contributed by atoms with E-state index in [4.69, 9.17) is 0 Å². The van der Waals surface area contributed by atoms with Gasteiger partial charge in [-0.15, -0.1) is 11.3 Å². The topological polar surface area (TPSA) is 70.6 Å². The quantitative estimate of drug-likeness (QED) is 0.801. The van der Waals surface area contributed by atoms with Crippen molar-refractivity contribution in [3.63, 3.8) is 0 Å². The van der Waals surface area contributed by atoms with Crippen LogP contribution in [-0.2, 0) is 9.84 Å². The highest BCUT2D eigenvalue weighted by atomic mass is 32.2. The van der Waals surface area contributed by atoms with E-state index in [1.807, 2.05) is 24.1 Å². The van der Waals surface area contributed by atoms with E-state index in [0.717, 1.165) is 42.2 Å². The van der Waals surface area contributed by atoms with Crippen LogP contribution in [0, 0.1) is 13.8 Å². The molecule has 8 heteroatoms. The van der Waals surface area contributed by atoms with Gasteiger partial charge in [0.05, 0.1) is 10.6 Å². The summed E-state index contributed by atoms with van der Waals surface area (Å²) in [6.07, 6.45) is 2.01. The van der Waals surface area contributed by atoms with Gasteiger partial charge in [-0.05, 0) is 38.0 Å². The van der Waals surface area contributed by atoms with Crippen LogP contribution in [0.4, 0.5) is 5.13 Å². The second kappa shape index (κ2) is 7.36. The van der Waals surface area contributed by atoms with Crippen LogP contribution in [0.5, 0.6) is 0 Å². The van der Waals surface area contributed by atoms with Crippen molar-refractivity contribution in [3.8, 4) is 0 Å². The lowest BCUT2D eigenvalue weighted by atomic mass is 10.1. The molecule has 1 amide bonds. The van der Waals surface area contributed by atoms with Crippen LogP contribution < -0.4 is 4.90 Å². The van der Waals surface area contributed by atoms with Crippen molar-refractivity contribution >= 4 is 32.2 Å². The summed E-state index contributed by atoms with van der Waals surface area (Å²) in [6, 6.07) is 4.75. The Balaban J connectivity index is 1.78. The molecule has 1 aliphatic rings. The minimum Gasteiger partial charge on any atom is -0.346 e. The Bertz CT molecular complexity index is 922. The molecule has 0 N–H and O–H groups in total. The summed E-state index contributed by atoms with van der Waals surface area (Å²) in [4.78, 5) is 21.7. The van der Waals surface area contributed by atoms with Crippen molar-refractivity contribution in [3.05, 3.63) is 40.4 Å². The van der Waals surface area contributed by atoms with Crippen LogP contribution in [0.2, 0.25) is 0 Å². The predicted molar refractivity (Wildman–Crippen MR) is 104 cm³/mol. The van der Waals surface area contributed by atoms with Crippen LogP contribution in [-0.4, -0.2) is 56.6 Å². The monoisotopic (exact) mass is 393 g/mol. The van der Waals surface area contributed by atoms with Crippen LogP contribution >= 0.6 is 11.3 Å². The Kier molecular flexibility index (Phi) is 5.34. The van der Waals surface area contributed by atoms with Gasteiger partial charge in [0.1, 0.15) is 0 Å². The van der Waals surface area contributed by atoms with Gasteiger partial charge in [-0.3, -0.25) is 4.79 Å². The maximum atomic E-state index is 13.0. The number of anilines is 1. The van der Waals surface area contributed by atoms with E-state index in [0.29, 0.717) is 18.7 Å². The zero-order chi connectivity index (χ0) is 18.9. The summed E-state index contributed by atoms with van der Waals surface area (Å²) in [6.45, 7) is 6.65. The minimum absolute atomic E-state index is 0.106. The zero-order valence-electron chi connectivity index (χ0n) is 15.2. The smallest absolute Gasteiger partial charge is 0.254 e. The van der Waals surface area contributed by atoms with E-state index in [9.17, 15) is 13.2 Å². The van der Waals surface area contributed by atoms with Crippen LogP contribution in [0.3, 0.4) is 0 Å². The predicted octanol–water partition coefficient (Wildman–Crippen LogP) is 2.52. The van der Waals surface area contributed by atoms with Gasteiger partial charge < -0.3 is 9.80 Å². The van der Waals surface area contributed by atoms with Crippen molar-refractivity contribution < 1.29 is 13.2 Å². The number of rotatable bonds is 3. The average Bonchev–Trinajstić information content (AvgIpc) is 2.86. The number of amides is 1. The first-order valence-corrected chi connectivity index (χ1v) is 11.3. The maximum Gasteiger partial charge on any atom is 0.254 e. The molecular weight excluding hydrogens is 370 g/mol. The van der Waals surface area contributed by atoms with Crippen molar-refractivity contribution in [2.75, 3.05) is 37.3 Å². The molecule has 0 aliphatic carbocycles. The fraction of sp³-hybridized carbons (Fsp3) is 0.444. The van der Waals surface area contributed by atoms with Gasteiger partial charge in [0.15, 0.2) is 15.0 Å². The zero-order valence-corrected chi connectivity index (χ0v) is 16.9. The summed E-state index contributed by atoms with van der Waals surface area (Å²) in [5.41, 5.74) is 2.26. The number of aromatic nitrogens is 1. The molecule has 1 aromatic carbocycles. The lowest BCUT2D eigenvalue weighted by Crippen LogP contribution is -2.35. The first kappa shape index (κ1) is 18.8. The SMILES string of the molecule is Cc1csc(N2CCCN(C(=O)c3cc(S(C)(=O)=O)ccc3C)CC2)n1. The van der Waals surface area contributed by atoms with Gasteiger partial charge in [0, 0.05) is 43.4 Å². The van der Waals surface area contributed by atoms with Gasteiger partial charge in [-0.2, -0.15) is 0 Å². The summed E-state index contributed by atoms with van der Waals surface area (Å²) in [7, 11) is -3.34. The van der Waals surface area contributed by atoms with Crippen LogP contribution in [0.15, 0.2) is 28.5 Å². The van der Waals surface area contributed by atoms with Gasteiger partial charge in [0.2, 0.25) is 0 Å². The summed E-state index contributed by atoms with van der Waals surface area (Å²) in [5, 5.41) is 3.02. The second-order valence-electron chi connectivity index (χ2n) is 6.65. The third kappa shape index (κ3) is 4.07. The fourth-order valence-electron chi connectivity index (χ4n) is 3.03. The number of carbonyl (C=O) groups excluding carboxylic acids is 1. The number of hydrogen-bond donors (Lipinski definition) is 0. The number of nitrogens with zero attached hydrogens (tertiary/aromatic N) is 3. The van der Waals surface area contributed by atoms with Crippen molar-refractivity contribution in [2.45, 2.75) is 25.2 Å². The highest BCUT2D eigenvalue weighted by Gasteiger charge is 2.23. The van der Waals surface area contributed by atoms with E-state index in [1.54, 1.807) is 23.5 Å². The Morgan fingerprint density at radius 2 is 1.92 bits per heavy atom. The maximum absolute atomic E-state index is 13.0. The Morgan fingerprint density at radius 3 is 2.58 bits per heavy atom. The first-order valence-electron chi connectivity index (χ1n) is 8.53. The number of sulfone groups is 1. The summed E-state index contributed by atoms with van der Waals surface area (Å²) < 4.78 is 23.6. The van der Waals surface area contributed by atoms with Gasteiger partial charge in [-0.1, -0.05) is 6.07 Å². The van der Waals surface area contributed by atoms with Gasteiger partial charge in [0.25, 0.3) is 5.91 Å². The summed E-state index contributed by atoms with van der Waals surface area (Å²) >= 11 is 1.62. The van der Waals surface area contributed by atoms with Crippen LogP contribution in [0.25, 0.3) is 0 Å². The molecule has 1 saturated heterocycles. The molecule has 0 unspecified atom stereocenters. The molecule has 1 aliphatic heterocycles. The molecule has 26 heavy (non-hydrogen) atoms. The number of thiazole rings is 1. The van der Waals surface area contributed by atoms with E-state index in [2.05, 4.69) is 9.88 Å². The summed E-state index contributed by atoms with van der Waals surface area (Å²) in [5.74, 6) is -0.106. The molecule has 2 aromatic rings. The standard InChI is InChI=1S/C18H23N3O3S2/c1-13-5-6-15(26(3,23)24)11-16(13)17(22)20-7-4-8-21(10-9-20)18-19-14(2)12-25-18/h5-6,11-12H,4,7-10H2,1-3H3.